The molecule has 2 aromatic carbocycles. The zero-order valence-corrected chi connectivity index (χ0v) is 13.7. The molecule has 0 aromatic heterocycles. The topological polar surface area (TPSA) is 97.1 Å². The Balaban J connectivity index is 1.83. The number of ether oxygens (including phenoxy) is 4. The van der Waals surface area contributed by atoms with Gasteiger partial charge in [-0.15, -0.1) is 0 Å². The molecule has 0 amide bonds. The van der Waals surface area contributed by atoms with Crippen LogP contribution in [0.3, 0.4) is 0 Å². The van der Waals surface area contributed by atoms with Gasteiger partial charge < -0.3 is 18.9 Å². The van der Waals surface area contributed by atoms with Crippen molar-refractivity contribution in [3.63, 3.8) is 0 Å². The van der Waals surface area contributed by atoms with E-state index in [0.29, 0.717) is 16.9 Å². The summed E-state index contributed by atoms with van der Waals surface area (Å²) in [6.45, 7) is -0.0736. The highest BCUT2D eigenvalue weighted by atomic mass is 19.1. The third-order valence-corrected chi connectivity index (χ3v) is 3.72. The number of halogens is 1. The van der Waals surface area contributed by atoms with Gasteiger partial charge in [0.05, 0.1) is 18.6 Å². The van der Waals surface area contributed by atoms with Crippen LogP contribution in [-0.2, 0) is 22.7 Å². The third kappa shape index (κ3) is 3.57. The first kappa shape index (κ1) is 17.6. The maximum absolute atomic E-state index is 13.7. The first-order valence-electron chi connectivity index (χ1n) is 7.51. The van der Waals surface area contributed by atoms with Crippen molar-refractivity contribution in [3.8, 4) is 11.5 Å². The van der Waals surface area contributed by atoms with Gasteiger partial charge in [-0.25, -0.2) is 9.18 Å². The fraction of sp³-hybridized carbons (Fsp3) is 0.235. The number of rotatable bonds is 5. The SMILES string of the molecule is COc1ccc([N+](=O)[O-])cc1C(=O)OCc1cc(F)cc2c1OCOC2. The Hall–Kier alpha value is -3.20. The first-order chi connectivity index (χ1) is 12.5. The fourth-order valence-corrected chi connectivity index (χ4v) is 2.55. The number of fused-ring (bicyclic) bond motifs is 1. The van der Waals surface area contributed by atoms with Gasteiger partial charge in [-0.1, -0.05) is 0 Å². The van der Waals surface area contributed by atoms with E-state index in [0.717, 1.165) is 6.07 Å². The minimum atomic E-state index is -0.837. The lowest BCUT2D eigenvalue weighted by atomic mass is 10.1. The van der Waals surface area contributed by atoms with Gasteiger partial charge in [0, 0.05) is 23.3 Å². The highest BCUT2D eigenvalue weighted by Crippen LogP contribution is 2.31. The van der Waals surface area contributed by atoms with E-state index in [1.54, 1.807) is 0 Å². The van der Waals surface area contributed by atoms with E-state index >= 15 is 0 Å². The molecule has 3 rings (SSSR count). The van der Waals surface area contributed by atoms with Crippen LogP contribution >= 0.6 is 0 Å². The van der Waals surface area contributed by atoms with Crippen LogP contribution < -0.4 is 9.47 Å². The van der Waals surface area contributed by atoms with Gasteiger partial charge in [0.1, 0.15) is 29.5 Å². The molecule has 1 heterocycles. The van der Waals surface area contributed by atoms with Crippen LogP contribution in [0, 0.1) is 15.9 Å². The van der Waals surface area contributed by atoms with Crippen molar-refractivity contribution < 1.29 is 33.1 Å². The van der Waals surface area contributed by atoms with Gasteiger partial charge >= 0.3 is 5.97 Å². The Labute approximate surface area is 147 Å². The van der Waals surface area contributed by atoms with Gasteiger partial charge in [-0.2, -0.15) is 0 Å². The summed E-state index contributed by atoms with van der Waals surface area (Å²) < 4.78 is 34.4. The monoisotopic (exact) mass is 363 g/mol. The van der Waals surface area contributed by atoms with Crippen LogP contribution in [0.5, 0.6) is 11.5 Å². The molecule has 26 heavy (non-hydrogen) atoms. The minimum Gasteiger partial charge on any atom is -0.496 e. The first-order valence-corrected chi connectivity index (χ1v) is 7.51. The maximum Gasteiger partial charge on any atom is 0.342 e. The molecule has 0 N–H and O–H groups in total. The lowest BCUT2D eigenvalue weighted by Gasteiger charge is -2.20. The van der Waals surface area contributed by atoms with E-state index in [9.17, 15) is 19.3 Å². The summed E-state index contributed by atoms with van der Waals surface area (Å²) in [5, 5.41) is 10.9. The average molecular weight is 363 g/mol. The van der Waals surface area contributed by atoms with Gasteiger partial charge in [0.25, 0.3) is 5.69 Å². The summed E-state index contributed by atoms with van der Waals surface area (Å²) in [5.74, 6) is -0.824. The number of nitro groups is 1. The van der Waals surface area contributed by atoms with E-state index < -0.39 is 16.7 Å². The molecule has 136 valence electrons. The molecule has 2 aromatic rings. The largest absolute Gasteiger partial charge is 0.496 e. The zero-order chi connectivity index (χ0) is 18.7. The molecule has 9 heteroatoms. The summed E-state index contributed by atoms with van der Waals surface area (Å²) in [7, 11) is 1.33. The van der Waals surface area contributed by atoms with Gasteiger partial charge in [-0.05, 0) is 18.2 Å². The minimum absolute atomic E-state index is 0.0122. The van der Waals surface area contributed by atoms with Gasteiger partial charge in [0.15, 0.2) is 6.79 Å². The molecule has 8 nitrogen and oxygen atoms in total. The van der Waals surface area contributed by atoms with E-state index in [1.165, 1.54) is 31.4 Å². The van der Waals surface area contributed by atoms with Crippen LogP contribution in [0.25, 0.3) is 0 Å². The fourth-order valence-electron chi connectivity index (χ4n) is 2.55. The summed E-state index contributed by atoms with van der Waals surface area (Å²) in [6, 6.07) is 6.06. The maximum atomic E-state index is 13.7. The predicted molar refractivity (Wildman–Crippen MR) is 85.5 cm³/mol. The number of hydrogen-bond acceptors (Lipinski definition) is 7. The highest BCUT2D eigenvalue weighted by molar-refractivity contribution is 5.93. The number of nitrogens with zero attached hydrogens (tertiary/aromatic N) is 1. The number of esters is 1. The smallest absolute Gasteiger partial charge is 0.342 e. The molecule has 0 bridgehead atoms. The molecule has 0 spiro atoms. The molecular weight excluding hydrogens is 349 g/mol. The predicted octanol–water partition coefficient (Wildman–Crippen LogP) is 2.97. The molecule has 0 saturated heterocycles. The summed E-state index contributed by atoms with van der Waals surface area (Å²) in [4.78, 5) is 22.6. The summed E-state index contributed by atoms with van der Waals surface area (Å²) >= 11 is 0. The highest BCUT2D eigenvalue weighted by Gasteiger charge is 2.21. The number of hydrogen-bond donors (Lipinski definition) is 0. The number of methoxy groups -OCH3 is 1. The van der Waals surface area contributed by atoms with Gasteiger partial charge in [0.2, 0.25) is 0 Å². The molecule has 0 atom stereocenters. The number of carbonyl (C=O) groups excluding carboxylic acids is 1. The van der Waals surface area contributed by atoms with Crippen LogP contribution in [0.1, 0.15) is 21.5 Å². The summed E-state index contributed by atoms with van der Waals surface area (Å²) in [5.41, 5.74) is 0.467. The van der Waals surface area contributed by atoms with E-state index in [-0.39, 0.29) is 37.0 Å². The van der Waals surface area contributed by atoms with Crippen molar-refractivity contribution in [2.45, 2.75) is 13.2 Å². The van der Waals surface area contributed by atoms with Crippen LogP contribution in [0.4, 0.5) is 10.1 Å². The quantitative estimate of drug-likeness (QED) is 0.458. The molecule has 0 aliphatic carbocycles. The number of non-ortho nitro benzene ring substituents is 1. The van der Waals surface area contributed by atoms with Crippen molar-refractivity contribution >= 4 is 11.7 Å². The Morgan fingerprint density at radius 2 is 2.15 bits per heavy atom. The third-order valence-electron chi connectivity index (χ3n) is 3.72. The van der Waals surface area contributed by atoms with Crippen molar-refractivity contribution in [1.29, 1.82) is 0 Å². The lowest BCUT2D eigenvalue weighted by Crippen LogP contribution is -2.15. The number of benzene rings is 2. The average Bonchev–Trinajstić information content (AvgIpc) is 2.65. The molecule has 0 fully saturated rings. The lowest BCUT2D eigenvalue weighted by molar-refractivity contribution is -0.384. The summed E-state index contributed by atoms with van der Waals surface area (Å²) in [6.07, 6.45) is 0. The molecule has 1 aliphatic rings. The molecule has 0 radical (unpaired) electrons. The standard InChI is InChI=1S/C17H14FNO7/c1-23-15-3-2-13(19(21)22)6-14(15)17(20)25-8-11-5-12(18)4-10-7-24-9-26-16(10)11/h2-6H,7-9H2,1H3. The molecule has 1 aliphatic heterocycles. The van der Waals surface area contributed by atoms with Crippen molar-refractivity contribution in [2.24, 2.45) is 0 Å². The normalized spacial score (nSPS) is 12.7. The molecule has 0 unspecified atom stereocenters. The van der Waals surface area contributed by atoms with Crippen molar-refractivity contribution in [3.05, 3.63) is 63.0 Å². The van der Waals surface area contributed by atoms with Crippen LogP contribution in [-0.4, -0.2) is 24.8 Å². The number of carbonyl (C=O) groups is 1. The van der Waals surface area contributed by atoms with Crippen molar-refractivity contribution in [2.75, 3.05) is 13.9 Å². The Bertz CT molecular complexity index is 868. The van der Waals surface area contributed by atoms with E-state index in [2.05, 4.69) is 0 Å². The number of nitro benzene ring substituents is 1. The van der Waals surface area contributed by atoms with E-state index in [1.807, 2.05) is 0 Å². The van der Waals surface area contributed by atoms with E-state index in [4.69, 9.17) is 18.9 Å². The Morgan fingerprint density at radius 3 is 2.88 bits per heavy atom. The molecule has 0 saturated carbocycles. The Morgan fingerprint density at radius 1 is 1.35 bits per heavy atom. The second kappa shape index (κ2) is 7.36. The van der Waals surface area contributed by atoms with Crippen LogP contribution in [0.15, 0.2) is 30.3 Å². The second-order valence-electron chi connectivity index (χ2n) is 5.38. The van der Waals surface area contributed by atoms with Crippen LogP contribution in [0.2, 0.25) is 0 Å². The van der Waals surface area contributed by atoms with Gasteiger partial charge in [-0.3, -0.25) is 10.1 Å². The second-order valence-corrected chi connectivity index (χ2v) is 5.38. The molecular formula is C17H14FNO7. The zero-order valence-electron chi connectivity index (χ0n) is 13.7. The Kier molecular flexibility index (Phi) is 4.99. The van der Waals surface area contributed by atoms with Crippen molar-refractivity contribution in [1.82, 2.24) is 0 Å².